The van der Waals surface area contributed by atoms with Crippen molar-refractivity contribution < 1.29 is 22.1 Å². The van der Waals surface area contributed by atoms with E-state index in [2.05, 4.69) is 10.1 Å². The van der Waals surface area contributed by atoms with Crippen LogP contribution in [0, 0.1) is 5.82 Å². The first kappa shape index (κ1) is 20.0. The second kappa shape index (κ2) is 7.83. The molecule has 1 aromatic heterocycles. The van der Waals surface area contributed by atoms with E-state index in [9.17, 15) is 17.6 Å². The molecule has 0 spiro atoms. The molecule has 8 nitrogen and oxygen atoms in total. The van der Waals surface area contributed by atoms with Crippen LogP contribution in [0.25, 0.3) is 0 Å². The van der Waals surface area contributed by atoms with Crippen molar-refractivity contribution in [1.82, 2.24) is 19.3 Å². The Labute approximate surface area is 168 Å². The number of piperidine rings is 1. The van der Waals surface area contributed by atoms with E-state index in [1.165, 1.54) is 16.6 Å². The maximum Gasteiger partial charge on any atom is 0.233 e. The van der Waals surface area contributed by atoms with Crippen molar-refractivity contribution in [3.05, 3.63) is 47.4 Å². The molecule has 156 valence electrons. The monoisotopic (exact) mass is 422 g/mol. The summed E-state index contributed by atoms with van der Waals surface area (Å²) in [6.45, 7) is 1.85. The molecular formula is C19H23FN4O4S. The van der Waals surface area contributed by atoms with E-state index >= 15 is 0 Å². The van der Waals surface area contributed by atoms with Gasteiger partial charge < -0.3 is 9.42 Å². The standard InChI is InChI=1S/C19H23FN4O4S/c1-29(26,27)24-8-6-13(7-9-24)18-21-19(28-22-18)15-11-23(12-15)17(25)10-14-4-2-3-5-16(14)20/h2-5,13,15H,6-12H2,1H3. The zero-order valence-corrected chi connectivity index (χ0v) is 16.9. The number of hydrogen-bond donors (Lipinski definition) is 0. The number of benzene rings is 1. The summed E-state index contributed by atoms with van der Waals surface area (Å²) in [6, 6.07) is 6.28. The molecule has 1 aromatic carbocycles. The lowest BCUT2D eigenvalue weighted by Crippen LogP contribution is -2.49. The molecule has 0 radical (unpaired) electrons. The molecule has 0 atom stereocenters. The van der Waals surface area contributed by atoms with E-state index in [-0.39, 0.29) is 30.0 Å². The van der Waals surface area contributed by atoms with Crippen molar-refractivity contribution in [3.63, 3.8) is 0 Å². The van der Waals surface area contributed by atoms with Gasteiger partial charge in [0.1, 0.15) is 5.82 Å². The normalized spacial score (nSPS) is 19.3. The highest BCUT2D eigenvalue weighted by molar-refractivity contribution is 7.88. The fourth-order valence-electron chi connectivity index (χ4n) is 3.78. The lowest BCUT2D eigenvalue weighted by Gasteiger charge is -2.37. The number of nitrogens with zero attached hydrogens (tertiary/aromatic N) is 4. The molecule has 0 unspecified atom stereocenters. The van der Waals surface area contributed by atoms with Gasteiger partial charge in [-0.2, -0.15) is 4.98 Å². The highest BCUT2D eigenvalue weighted by atomic mass is 32.2. The van der Waals surface area contributed by atoms with E-state index < -0.39 is 10.0 Å². The molecule has 29 heavy (non-hydrogen) atoms. The smallest absolute Gasteiger partial charge is 0.233 e. The van der Waals surface area contributed by atoms with Gasteiger partial charge in [-0.1, -0.05) is 23.4 Å². The highest BCUT2D eigenvalue weighted by Gasteiger charge is 2.36. The van der Waals surface area contributed by atoms with Crippen molar-refractivity contribution in [1.29, 1.82) is 0 Å². The summed E-state index contributed by atoms with van der Waals surface area (Å²) < 4.78 is 43.8. The zero-order chi connectivity index (χ0) is 20.6. The number of likely N-dealkylation sites (tertiary alicyclic amines) is 1. The van der Waals surface area contributed by atoms with Gasteiger partial charge in [0.15, 0.2) is 5.82 Å². The Morgan fingerprint density at radius 3 is 2.55 bits per heavy atom. The minimum atomic E-state index is -3.17. The van der Waals surface area contributed by atoms with Crippen molar-refractivity contribution >= 4 is 15.9 Å². The summed E-state index contributed by atoms with van der Waals surface area (Å²) in [5, 5.41) is 4.07. The summed E-state index contributed by atoms with van der Waals surface area (Å²) in [6.07, 6.45) is 2.57. The van der Waals surface area contributed by atoms with Crippen LogP contribution < -0.4 is 0 Å². The van der Waals surface area contributed by atoms with Crippen LogP contribution in [-0.2, 0) is 21.2 Å². The van der Waals surface area contributed by atoms with Gasteiger partial charge >= 0.3 is 0 Å². The fourth-order valence-corrected chi connectivity index (χ4v) is 4.65. The number of carbonyl (C=O) groups is 1. The Bertz CT molecular complexity index is 995. The van der Waals surface area contributed by atoms with Crippen molar-refractivity contribution in [3.8, 4) is 0 Å². The molecule has 0 bridgehead atoms. The molecule has 0 N–H and O–H groups in total. The van der Waals surface area contributed by atoms with Gasteiger partial charge in [-0.25, -0.2) is 17.1 Å². The van der Waals surface area contributed by atoms with Crippen LogP contribution in [-0.4, -0.2) is 66.1 Å². The van der Waals surface area contributed by atoms with Crippen molar-refractivity contribution in [2.45, 2.75) is 31.1 Å². The number of sulfonamides is 1. The molecule has 2 aliphatic heterocycles. The maximum absolute atomic E-state index is 13.7. The van der Waals surface area contributed by atoms with Crippen molar-refractivity contribution in [2.24, 2.45) is 0 Å². The van der Waals surface area contributed by atoms with Gasteiger partial charge in [0.05, 0.1) is 18.6 Å². The van der Waals surface area contributed by atoms with Gasteiger partial charge in [0.25, 0.3) is 0 Å². The van der Waals surface area contributed by atoms with Gasteiger partial charge in [0.2, 0.25) is 21.8 Å². The topological polar surface area (TPSA) is 96.6 Å². The van der Waals surface area contributed by atoms with Gasteiger partial charge in [-0.3, -0.25) is 4.79 Å². The predicted molar refractivity (Wildman–Crippen MR) is 102 cm³/mol. The number of rotatable bonds is 5. The summed E-state index contributed by atoms with van der Waals surface area (Å²) in [7, 11) is -3.17. The molecule has 3 heterocycles. The van der Waals surface area contributed by atoms with E-state index in [0.29, 0.717) is 56.3 Å². The van der Waals surface area contributed by atoms with Crippen LogP contribution in [0.15, 0.2) is 28.8 Å². The molecule has 10 heteroatoms. The maximum atomic E-state index is 13.7. The van der Waals surface area contributed by atoms with E-state index in [1.54, 1.807) is 23.1 Å². The van der Waals surface area contributed by atoms with Gasteiger partial charge in [0, 0.05) is 32.1 Å². The van der Waals surface area contributed by atoms with Gasteiger partial charge in [-0.05, 0) is 24.5 Å². The molecule has 2 aromatic rings. The molecular weight excluding hydrogens is 399 g/mol. The second-order valence-corrected chi connectivity index (χ2v) is 9.67. The highest BCUT2D eigenvalue weighted by Crippen LogP contribution is 2.31. The van der Waals surface area contributed by atoms with Crippen molar-refractivity contribution in [2.75, 3.05) is 32.4 Å². The average Bonchev–Trinajstić information content (AvgIpc) is 3.11. The quantitative estimate of drug-likeness (QED) is 0.725. The molecule has 4 rings (SSSR count). The van der Waals surface area contributed by atoms with Crippen LogP contribution in [0.2, 0.25) is 0 Å². The van der Waals surface area contributed by atoms with Crippen LogP contribution in [0.3, 0.4) is 0 Å². The largest absolute Gasteiger partial charge is 0.341 e. The Morgan fingerprint density at radius 2 is 1.90 bits per heavy atom. The molecule has 2 aliphatic rings. The SMILES string of the molecule is CS(=O)(=O)N1CCC(c2noc(C3CN(C(=O)Cc4ccccc4F)C3)n2)CC1. The first-order chi connectivity index (χ1) is 13.8. The van der Waals surface area contributed by atoms with E-state index in [4.69, 9.17) is 4.52 Å². The Hall–Kier alpha value is -2.33. The summed E-state index contributed by atoms with van der Waals surface area (Å²) in [4.78, 5) is 18.5. The number of amides is 1. The Kier molecular flexibility index (Phi) is 5.39. The predicted octanol–water partition coefficient (Wildman–Crippen LogP) is 1.52. The molecule has 2 saturated heterocycles. The number of carbonyl (C=O) groups excluding carboxylic acids is 1. The number of aromatic nitrogens is 2. The molecule has 2 fully saturated rings. The summed E-state index contributed by atoms with van der Waals surface area (Å²) in [5.74, 6) is 0.659. The third-order valence-corrected chi connectivity index (χ3v) is 6.93. The number of hydrogen-bond acceptors (Lipinski definition) is 6. The van der Waals surface area contributed by atoms with Crippen LogP contribution in [0.5, 0.6) is 0 Å². The van der Waals surface area contributed by atoms with E-state index in [0.717, 1.165) is 0 Å². The first-order valence-corrected chi connectivity index (χ1v) is 11.5. The lowest BCUT2D eigenvalue weighted by atomic mass is 9.96. The van der Waals surface area contributed by atoms with Crippen LogP contribution in [0.1, 0.15) is 42.0 Å². The molecule has 1 amide bonds. The van der Waals surface area contributed by atoms with Gasteiger partial charge in [-0.15, -0.1) is 0 Å². The summed E-state index contributed by atoms with van der Waals surface area (Å²) in [5.41, 5.74) is 0.390. The van der Waals surface area contributed by atoms with E-state index in [1.807, 2.05) is 0 Å². The van der Waals surface area contributed by atoms with Crippen LogP contribution in [0.4, 0.5) is 4.39 Å². The zero-order valence-electron chi connectivity index (χ0n) is 16.1. The fraction of sp³-hybridized carbons (Fsp3) is 0.526. The first-order valence-electron chi connectivity index (χ1n) is 9.61. The molecule has 0 aliphatic carbocycles. The minimum absolute atomic E-state index is 0.0167. The third-order valence-electron chi connectivity index (χ3n) is 5.63. The summed E-state index contributed by atoms with van der Waals surface area (Å²) >= 11 is 0. The minimum Gasteiger partial charge on any atom is -0.341 e. The second-order valence-electron chi connectivity index (χ2n) is 7.69. The Morgan fingerprint density at radius 1 is 1.21 bits per heavy atom. The van der Waals surface area contributed by atoms with Crippen LogP contribution >= 0.6 is 0 Å². The number of halogens is 1. The molecule has 0 saturated carbocycles. The Balaban J connectivity index is 1.29. The lowest BCUT2D eigenvalue weighted by molar-refractivity contribution is -0.135. The average molecular weight is 422 g/mol. The third kappa shape index (κ3) is 4.32.